The summed E-state index contributed by atoms with van der Waals surface area (Å²) in [6.45, 7) is 25.0. The molecule has 9 atom stereocenters. The van der Waals surface area contributed by atoms with E-state index in [1.807, 2.05) is 13.8 Å². The Morgan fingerprint density at radius 3 is 1.55 bits per heavy atom. The lowest BCUT2D eigenvalue weighted by Gasteiger charge is -2.52. The molecule has 29 heavy (non-hydrogen) atoms. The molecule has 0 aliphatic heterocycles. The van der Waals surface area contributed by atoms with Crippen molar-refractivity contribution in [2.24, 2.45) is 58.7 Å². The van der Waals surface area contributed by atoms with Gasteiger partial charge in [-0.1, -0.05) is 76.2 Å². The van der Waals surface area contributed by atoms with Crippen molar-refractivity contribution in [3.05, 3.63) is 0 Å². The lowest BCUT2D eigenvalue weighted by Crippen LogP contribution is -2.48. The second-order valence-corrected chi connectivity index (χ2v) is 12.1. The van der Waals surface area contributed by atoms with Crippen molar-refractivity contribution in [2.75, 3.05) is 0 Å². The molecule has 0 aromatic heterocycles. The summed E-state index contributed by atoms with van der Waals surface area (Å²) >= 11 is 0. The molecule has 2 fully saturated rings. The fourth-order valence-electron chi connectivity index (χ4n) is 6.86. The van der Waals surface area contributed by atoms with Gasteiger partial charge in [0.05, 0.1) is 12.2 Å². The van der Waals surface area contributed by atoms with E-state index < -0.39 is 0 Å². The van der Waals surface area contributed by atoms with Crippen molar-refractivity contribution in [3.63, 3.8) is 0 Å². The molecule has 2 rings (SSSR count). The van der Waals surface area contributed by atoms with E-state index in [2.05, 4.69) is 62.3 Å². The molecule has 174 valence electrons. The predicted octanol–water partition coefficient (Wildman–Crippen LogP) is 7.03. The van der Waals surface area contributed by atoms with E-state index in [1.165, 1.54) is 6.42 Å². The highest BCUT2D eigenvalue weighted by molar-refractivity contribution is 4.97. The van der Waals surface area contributed by atoms with Gasteiger partial charge in [0.2, 0.25) is 0 Å². The van der Waals surface area contributed by atoms with Crippen molar-refractivity contribution < 1.29 is 10.2 Å². The number of rotatable bonds is 4. The SMILES string of the molecule is CC.CC(C)C1CC(C(C(C)C)C2CC(C(C)(C)C)C(O)CC2C)C(C)CC1O. The summed E-state index contributed by atoms with van der Waals surface area (Å²) < 4.78 is 0. The van der Waals surface area contributed by atoms with Crippen LogP contribution in [0.15, 0.2) is 0 Å². The van der Waals surface area contributed by atoms with Crippen LogP contribution in [0.1, 0.15) is 102 Å². The Labute approximate surface area is 183 Å². The van der Waals surface area contributed by atoms with Gasteiger partial charge in [0.15, 0.2) is 0 Å². The second-order valence-electron chi connectivity index (χ2n) is 12.1. The highest BCUT2D eigenvalue weighted by atomic mass is 16.3. The minimum atomic E-state index is -0.155. The normalized spacial score (nSPS) is 39.8. The molecule has 2 nitrogen and oxygen atoms in total. The van der Waals surface area contributed by atoms with Crippen LogP contribution >= 0.6 is 0 Å². The average molecular weight is 411 g/mol. The van der Waals surface area contributed by atoms with E-state index in [0.717, 1.165) is 19.3 Å². The lowest BCUT2D eigenvalue weighted by atomic mass is 9.54. The molecule has 2 saturated carbocycles. The molecule has 0 spiro atoms. The minimum Gasteiger partial charge on any atom is -0.393 e. The molecule has 2 aliphatic rings. The van der Waals surface area contributed by atoms with Crippen LogP contribution in [0.25, 0.3) is 0 Å². The zero-order valence-electron chi connectivity index (χ0n) is 21.6. The van der Waals surface area contributed by atoms with Crippen LogP contribution in [0.3, 0.4) is 0 Å². The van der Waals surface area contributed by atoms with Gasteiger partial charge < -0.3 is 10.2 Å². The molecule has 0 aromatic rings. The lowest BCUT2D eigenvalue weighted by molar-refractivity contribution is -0.0822. The Kier molecular flexibility index (Phi) is 10.2. The van der Waals surface area contributed by atoms with Gasteiger partial charge in [-0.3, -0.25) is 0 Å². The van der Waals surface area contributed by atoms with Crippen LogP contribution in [0, 0.1) is 58.7 Å². The summed E-state index contributed by atoms with van der Waals surface area (Å²) in [5, 5.41) is 21.5. The summed E-state index contributed by atoms with van der Waals surface area (Å²) in [7, 11) is 0. The first-order valence-corrected chi connectivity index (χ1v) is 12.7. The molecule has 9 unspecified atom stereocenters. The highest BCUT2D eigenvalue weighted by Gasteiger charge is 2.48. The molecular formula is C27H54O2. The van der Waals surface area contributed by atoms with E-state index in [1.54, 1.807) is 0 Å². The van der Waals surface area contributed by atoms with Gasteiger partial charge in [-0.2, -0.15) is 0 Å². The van der Waals surface area contributed by atoms with Crippen molar-refractivity contribution in [2.45, 2.75) is 114 Å². The monoisotopic (exact) mass is 410 g/mol. The molecular weight excluding hydrogens is 356 g/mol. The van der Waals surface area contributed by atoms with Gasteiger partial charge in [-0.25, -0.2) is 0 Å². The van der Waals surface area contributed by atoms with Gasteiger partial charge >= 0.3 is 0 Å². The number of hydrogen-bond donors (Lipinski definition) is 2. The maximum atomic E-state index is 10.8. The first-order chi connectivity index (χ1) is 13.3. The third kappa shape index (κ3) is 6.45. The second kappa shape index (κ2) is 11.0. The zero-order chi connectivity index (χ0) is 22.7. The first-order valence-electron chi connectivity index (χ1n) is 12.7. The molecule has 0 aromatic carbocycles. The Hall–Kier alpha value is -0.0800. The predicted molar refractivity (Wildman–Crippen MR) is 127 cm³/mol. The summed E-state index contributed by atoms with van der Waals surface area (Å²) in [4.78, 5) is 0. The van der Waals surface area contributed by atoms with Crippen LogP contribution in [-0.4, -0.2) is 22.4 Å². The number of hydrogen-bond acceptors (Lipinski definition) is 2. The summed E-state index contributed by atoms with van der Waals surface area (Å²) in [6, 6.07) is 0. The van der Waals surface area contributed by atoms with E-state index in [-0.39, 0.29) is 17.6 Å². The molecule has 0 heterocycles. The first kappa shape index (κ1) is 27.0. The molecule has 2 heteroatoms. The zero-order valence-corrected chi connectivity index (χ0v) is 21.6. The quantitative estimate of drug-likeness (QED) is 0.522. The molecule has 0 saturated heterocycles. The van der Waals surface area contributed by atoms with Crippen LogP contribution in [0.5, 0.6) is 0 Å². The number of aliphatic hydroxyl groups excluding tert-OH is 2. The average Bonchev–Trinajstić information content (AvgIpc) is 2.58. The van der Waals surface area contributed by atoms with Crippen LogP contribution in [-0.2, 0) is 0 Å². The van der Waals surface area contributed by atoms with Crippen molar-refractivity contribution in [1.29, 1.82) is 0 Å². The topological polar surface area (TPSA) is 40.5 Å². The summed E-state index contributed by atoms with van der Waals surface area (Å²) in [5.41, 5.74) is 0.161. The van der Waals surface area contributed by atoms with Gasteiger partial charge in [-0.15, -0.1) is 0 Å². The summed E-state index contributed by atoms with van der Waals surface area (Å²) in [6.07, 6.45) is 3.97. The van der Waals surface area contributed by atoms with E-state index in [0.29, 0.717) is 53.3 Å². The van der Waals surface area contributed by atoms with Crippen molar-refractivity contribution in [1.82, 2.24) is 0 Å². The van der Waals surface area contributed by atoms with Crippen molar-refractivity contribution >= 4 is 0 Å². The number of aliphatic hydroxyl groups is 2. The van der Waals surface area contributed by atoms with Gasteiger partial charge in [0.25, 0.3) is 0 Å². The molecule has 0 radical (unpaired) electrons. The van der Waals surface area contributed by atoms with Gasteiger partial charge in [-0.05, 0) is 84.4 Å². The maximum Gasteiger partial charge on any atom is 0.0576 e. The Balaban J connectivity index is 0.00000204. The minimum absolute atomic E-state index is 0.128. The fourth-order valence-corrected chi connectivity index (χ4v) is 6.86. The third-order valence-corrected chi connectivity index (χ3v) is 8.44. The van der Waals surface area contributed by atoms with E-state index >= 15 is 0 Å². The summed E-state index contributed by atoms with van der Waals surface area (Å²) in [5.74, 6) is 5.30. The molecule has 2 aliphatic carbocycles. The fraction of sp³-hybridized carbons (Fsp3) is 1.00. The highest BCUT2D eigenvalue weighted by Crippen LogP contribution is 2.52. The van der Waals surface area contributed by atoms with E-state index in [4.69, 9.17) is 0 Å². The third-order valence-electron chi connectivity index (χ3n) is 8.44. The Bertz CT molecular complexity index is 464. The Morgan fingerprint density at radius 1 is 0.690 bits per heavy atom. The van der Waals surface area contributed by atoms with E-state index in [9.17, 15) is 10.2 Å². The maximum absolute atomic E-state index is 10.8. The molecule has 0 bridgehead atoms. The Morgan fingerprint density at radius 2 is 1.14 bits per heavy atom. The van der Waals surface area contributed by atoms with Crippen molar-refractivity contribution in [3.8, 4) is 0 Å². The molecule has 0 amide bonds. The standard InChI is InChI=1S/C25H48O2.C2H6/c1-14(2)18-12-19(16(5)10-22(18)26)24(15(3)4)20-13-21(25(7,8)9)23(27)11-17(20)6;1-2/h14-24,26-27H,10-13H2,1-9H3;1-2H3. The van der Waals surface area contributed by atoms with Crippen LogP contribution < -0.4 is 0 Å². The largest absolute Gasteiger partial charge is 0.393 e. The van der Waals surface area contributed by atoms with Gasteiger partial charge in [0, 0.05) is 0 Å². The van der Waals surface area contributed by atoms with Crippen LogP contribution in [0.2, 0.25) is 0 Å². The van der Waals surface area contributed by atoms with Gasteiger partial charge in [0.1, 0.15) is 0 Å². The van der Waals surface area contributed by atoms with Crippen LogP contribution in [0.4, 0.5) is 0 Å². The molecule has 2 N–H and O–H groups in total. The smallest absolute Gasteiger partial charge is 0.0576 e.